The second-order valence-corrected chi connectivity index (χ2v) is 2.45. The molecule has 1 rings (SSSR count). The van der Waals surface area contributed by atoms with Crippen molar-refractivity contribution in [3.63, 3.8) is 0 Å². The molecule has 1 aromatic rings. The molecule has 0 saturated heterocycles. The van der Waals surface area contributed by atoms with Crippen LogP contribution in [0, 0.1) is 0 Å². The second kappa shape index (κ2) is 3.25. The normalized spacial score (nSPS) is 12.5. The molecule has 2 N–H and O–H groups in total. The maximum absolute atomic E-state index is 5.74. The molecule has 1 atom stereocenters. The topological polar surface area (TPSA) is 51.8 Å². The van der Waals surface area contributed by atoms with Crippen molar-refractivity contribution in [1.29, 1.82) is 0 Å². The average Bonchev–Trinajstić information content (AvgIpc) is 2.05. The van der Waals surface area contributed by atoms with E-state index in [0.717, 1.165) is 11.3 Å². The number of nitrogens with two attached hydrogens (primary N) is 1. The van der Waals surface area contributed by atoms with Crippen LogP contribution in [0.3, 0.4) is 0 Å². The molecular formula is C8H11N3. The largest absolute Gasteiger partial charge is 0.319 e. The van der Waals surface area contributed by atoms with Gasteiger partial charge in [-0.05, 0) is 6.92 Å². The summed E-state index contributed by atoms with van der Waals surface area (Å²) in [6.45, 7) is 5.61. The van der Waals surface area contributed by atoms with Crippen molar-refractivity contribution in [2.75, 3.05) is 0 Å². The van der Waals surface area contributed by atoms with Crippen molar-refractivity contribution in [3.8, 4) is 0 Å². The fourth-order valence-corrected chi connectivity index (χ4v) is 0.724. The molecule has 0 saturated carbocycles. The first-order valence-electron chi connectivity index (χ1n) is 3.38. The molecule has 1 unspecified atom stereocenters. The van der Waals surface area contributed by atoms with E-state index in [2.05, 4.69) is 16.5 Å². The summed E-state index contributed by atoms with van der Waals surface area (Å²) in [5, 5.41) is 0. The van der Waals surface area contributed by atoms with Crippen molar-refractivity contribution in [2.24, 2.45) is 5.73 Å². The summed E-state index contributed by atoms with van der Waals surface area (Å²) in [6, 6.07) is -0.191. The Kier molecular flexibility index (Phi) is 2.33. The quantitative estimate of drug-likeness (QED) is 0.639. The van der Waals surface area contributed by atoms with Crippen LogP contribution in [0.1, 0.15) is 18.7 Å². The fourth-order valence-electron chi connectivity index (χ4n) is 0.724. The minimum absolute atomic E-state index is 0.191. The molecule has 0 fully saturated rings. The summed E-state index contributed by atoms with van der Waals surface area (Å²) in [4.78, 5) is 7.96. The van der Waals surface area contributed by atoms with E-state index < -0.39 is 0 Å². The first-order valence-corrected chi connectivity index (χ1v) is 3.38. The summed E-state index contributed by atoms with van der Waals surface area (Å²) in [6.07, 6.45) is 4.89. The Morgan fingerprint density at radius 2 is 2.36 bits per heavy atom. The Labute approximate surface area is 66.0 Å². The Bertz CT molecular complexity index is 243. The molecule has 0 aliphatic heterocycles. The van der Waals surface area contributed by atoms with Crippen LogP contribution in [0.15, 0.2) is 30.7 Å². The van der Waals surface area contributed by atoms with Gasteiger partial charge in [0.15, 0.2) is 0 Å². The van der Waals surface area contributed by atoms with Gasteiger partial charge in [0.05, 0.1) is 17.9 Å². The Morgan fingerprint density at radius 3 is 2.82 bits per heavy atom. The van der Waals surface area contributed by atoms with Gasteiger partial charge in [-0.3, -0.25) is 9.97 Å². The van der Waals surface area contributed by atoms with Gasteiger partial charge < -0.3 is 5.73 Å². The van der Waals surface area contributed by atoms with Gasteiger partial charge in [-0.1, -0.05) is 12.2 Å². The molecule has 1 heterocycles. The number of rotatable bonds is 2. The van der Waals surface area contributed by atoms with Gasteiger partial charge in [-0.25, -0.2) is 0 Å². The van der Waals surface area contributed by atoms with Gasteiger partial charge in [-0.15, -0.1) is 0 Å². The second-order valence-electron chi connectivity index (χ2n) is 2.45. The lowest BCUT2D eigenvalue weighted by Gasteiger charge is -2.08. The van der Waals surface area contributed by atoms with E-state index in [0.29, 0.717) is 0 Å². The molecule has 0 aliphatic carbocycles. The highest BCUT2D eigenvalue weighted by Gasteiger charge is 2.06. The van der Waals surface area contributed by atoms with Crippen LogP contribution in [0.25, 0.3) is 0 Å². The number of hydrogen-bond donors (Lipinski definition) is 1. The molecule has 0 aliphatic rings. The fraction of sp³-hybridized carbons (Fsp3) is 0.250. The van der Waals surface area contributed by atoms with Gasteiger partial charge >= 0.3 is 0 Å². The molecule has 11 heavy (non-hydrogen) atoms. The molecule has 58 valence electrons. The van der Waals surface area contributed by atoms with E-state index >= 15 is 0 Å². The monoisotopic (exact) mass is 149 g/mol. The van der Waals surface area contributed by atoms with Gasteiger partial charge in [-0.2, -0.15) is 0 Å². The van der Waals surface area contributed by atoms with Gasteiger partial charge in [0.1, 0.15) is 0 Å². The summed E-state index contributed by atoms with van der Waals surface area (Å²) in [5.41, 5.74) is 7.39. The predicted octanol–water partition coefficient (Wildman–Crippen LogP) is 1.05. The SMILES string of the molecule is C=C(C)C(N)c1cnccn1. The smallest absolute Gasteiger partial charge is 0.0795 e. The zero-order valence-electron chi connectivity index (χ0n) is 6.49. The highest BCUT2D eigenvalue weighted by Crippen LogP contribution is 2.12. The first-order chi connectivity index (χ1) is 5.22. The highest BCUT2D eigenvalue weighted by atomic mass is 14.8. The molecule has 0 radical (unpaired) electrons. The first kappa shape index (κ1) is 7.88. The zero-order valence-corrected chi connectivity index (χ0v) is 6.49. The third kappa shape index (κ3) is 1.85. The molecule has 0 aromatic carbocycles. The Morgan fingerprint density at radius 1 is 1.64 bits per heavy atom. The van der Waals surface area contributed by atoms with E-state index in [9.17, 15) is 0 Å². The lowest BCUT2D eigenvalue weighted by Crippen LogP contribution is -2.12. The van der Waals surface area contributed by atoms with Crippen LogP contribution in [0.2, 0.25) is 0 Å². The lowest BCUT2D eigenvalue weighted by molar-refractivity contribution is 0.801. The van der Waals surface area contributed by atoms with E-state index in [1.54, 1.807) is 18.6 Å². The van der Waals surface area contributed by atoms with Crippen LogP contribution >= 0.6 is 0 Å². The number of nitrogens with zero attached hydrogens (tertiary/aromatic N) is 2. The maximum atomic E-state index is 5.74. The van der Waals surface area contributed by atoms with Gasteiger partial charge in [0, 0.05) is 12.4 Å². The van der Waals surface area contributed by atoms with Crippen molar-refractivity contribution in [2.45, 2.75) is 13.0 Å². The summed E-state index contributed by atoms with van der Waals surface area (Å²) in [7, 11) is 0. The van der Waals surface area contributed by atoms with Crippen molar-refractivity contribution < 1.29 is 0 Å². The molecule has 0 bridgehead atoms. The minimum atomic E-state index is -0.191. The van der Waals surface area contributed by atoms with E-state index in [1.807, 2.05) is 6.92 Å². The maximum Gasteiger partial charge on any atom is 0.0795 e. The molecule has 1 aromatic heterocycles. The van der Waals surface area contributed by atoms with Crippen LogP contribution in [0.4, 0.5) is 0 Å². The molecule has 3 heteroatoms. The molecule has 0 spiro atoms. The van der Waals surface area contributed by atoms with Crippen molar-refractivity contribution in [1.82, 2.24) is 9.97 Å². The molecule has 3 nitrogen and oxygen atoms in total. The Balaban J connectivity index is 2.85. The molecular weight excluding hydrogens is 138 g/mol. The van der Waals surface area contributed by atoms with E-state index in [4.69, 9.17) is 5.73 Å². The third-order valence-electron chi connectivity index (χ3n) is 1.43. The predicted molar refractivity (Wildman–Crippen MR) is 43.8 cm³/mol. The van der Waals surface area contributed by atoms with Crippen molar-refractivity contribution >= 4 is 0 Å². The third-order valence-corrected chi connectivity index (χ3v) is 1.43. The average molecular weight is 149 g/mol. The van der Waals surface area contributed by atoms with Crippen LogP contribution in [-0.2, 0) is 0 Å². The summed E-state index contributed by atoms with van der Waals surface area (Å²) < 4.78 is 0. The highest BCUT2D eigenvalue weighted by molar-refractivity contribution is 5.14. The number of hydrogen-bond acceptors (Lipinski definition) is 3. The van der Waals surface area contributed by atoms with Crippen molar-refractivity contribution in [3.05, 3.63) is 36.4 Å². The summed E-state index contributed by atoms with van der Waals surface area (Å²) >= 11 is 0. The lowest BCUT2D eigenvalue weighted by atomic mass is 10.1. The van der Waals surface area contributed by atoms with Crippen LogP contribution in [0.5, 0.6) is 0 Å². The molecule has 0 amide bonds. The van der Waals surface area contributed by atoms with Gasteiger partial charge in [0.25, 0.3) is 0 Å². The van der Waals surface area contributed by atoms with Crippen LogP contribution < -0.4 is 5.73 Å². The minimum Gasteiger partial charge on any atom is -0.319 e. The van der Waals surface area contributed by atoms with E-state index in [-0.39, 0.29) is 6.04 Å². The summed E-state index contributed by atoms with van der Waals surface area (Å²) in [5.74, 6) is 0. The standard InChI is InChI=1S/C8H11N3/c1-6(2)8(9)7-5-10-3-4-11-7/h3-5,8H,1,9H2,2H3. The van der Waals surface area contributed by atoms with Crippen LogP contribution in [-0.4, -0.2) is 9.97 Å². The number of aromatic nitrogens is 2. The van der Waals surface area contributed by atoms with Gasteiger partial charge in [0.2, 0.25) is 0 Å². The zero-order chi connectivity index (χ0) is 8.27. The van der Waals surface area contributed by atoms with E-state index in [1.165, 1.54) is 0 Å². The Hall–Kier alpha value is -1.22.